The molecule has 0 unspecified atom stereocenters. The van der Waals surface area contributed by atoms with E-state index in [4.69, 9.17) is 9.84 Å². The molecular formula is C20H36O4S2. The Morgan fingerprint density at radius 3 is 1.54 bits per heavy atom. The van der Waals surface area contributed by atoms with Crippen molar-refractivity contribution in [2.24, 2.45) is 11.8 Å². The maximum absolute atomic E-state index is 11.5. The molecule has 0 bridgehead atoms. The van der Waals surface area contributed by atoms with Crippen LogP contribution in [0.3, 0.4) is 0 Å². The normalized spacial score (nSPS) is 12.5. The van der Waals surface area contributed by atoms with Crippen LogP contribution >= 0.6 is 23.5 Å². The van der Waals surface area contributed by atoms with E-state index in [-0.39, 0.29) is 5.97 Å². The number of thioether (sulfide) groups is 2. The lowest BCUT2D eigenvalue weighted by Crippen LogP contribution is -2.08. The van der Waals surface area contributed by atoms with Crippen LogP contribution in [-0.2, 0) is 14.3 Å². The van der Waals surface area contributed by atoms with Crippen molar-refractivity contribution in [1.29, 1.82) is 0 Å². The van der Waals surface area contributed by atoms with Crippen molar-refractivity contribution in [1.82, 2.24) is 0 Å². The molecule has 0 aromatic carbocycles. The van der Waals surface area contributed by atoms with Gasteiger partial charge in [0.2, 0.25) is 0 Å². The topological polar surface area (TPSA) is 63.6 Å². The number of carboxylic acids is 1. The first-order valence-corrected chi connectivity index (χ1v) is 10.8. The standard InChI is InChI=1S/C11H20O2S.C9H16O2S/c1-6-13-11(12)10(7-8(2)3)14-9(4)5;1-6(2)5-8(9(10)11)12-7(3)4/h7-9H,6H2,1-5H3;5-7H,1-4H3,(H,10,11)/b10-7-;8-5-. The van der Waals surface area contributed by atoms with Crippen LogP contribution in [0.2, 0.25) is 0 Å². The minimum Gasteiger partial charge on any atom is -0.477 e. The second kappa shape index (κ2) is 15.2. The molecule has 6 heteroatoms. The minimum atomic E-state index is -0.817. The third-order valence-electron chi connectivity index (χ3n) is 2.38. The maximum atomic E-state index is 11.5. The monoisotopic (exact) mass is 404 g/mol. The second-order valence-corrected chi connectivity index (χ2v) is 10.1. The van der Waals surface area contributed by atoms with Gasteiger partial charge in [0.25, 0.3) is 0 Å². The Kier molecular flexibility index (Phi) is 16.0. The number of aliphatic carboxylic acids is 1. The molecule has 0 aromatic rings. The summed E-state index contributed by atoms with van der Waals surface area (Å²) in [5.74, 6) is -0.342. The molecule has 0 heterocycles. The van der Waals surface area contributed by atoms with E-state index >= 15 is 0 Å². The van der Waals surface area contributed by atoms with Gasteiger partial charge in [0.15, 0.2) is 0 Å². The molecule has 0 aliphatic heterocycles. The molecule has 0 aromatic heterocycles. The van der Waals surface area contributed by atoms with E-state index in [1.807, 2.05) is 40.7 Å². The highest BCUT2D eigenvalue weighted by Crippen LogP contribution is 2.24. The van der Waals surface area contributed by atoms with Crippen LogP contribution in [0.5, 0.6) is 0 Å². The van der Waals surface area contributed by atoms with Crippen molar-refractivity contribution in [3.05, 3.63) is 22.0 Å². The van der Waals surface area contributed by atoms with E-state index in [0.717, 1.165) is 4.91 Å². The fraction of sp³-hybridized carbons (Fsp3) is 0.700. The van der Waals surface area contributed by atoms with Gasteiger partial charge in [-0.15, -0.1) is 23.5 Å². The van der Waals surface area contributed by atoms with E-state index < -0.39 is 5.97 Å². The van der Waals surface area contributed by atoms with Gasteiger partial charge in [-0.1, -0.05) is 67.5 Å². The Morgan fingerprint density at radius 2 is 1.23 bits per heavy atom. The number of hydrogen-bond acceptors (Lipinski definition) is 5. The van der Waals surface area contributed by atoms with Gasteiger partial charge in [0.1, 0.15) is 0 Å². The highest BCUT2D eigenvalue weighted by atomic mass is 32.2. The lowest BCUT2D eigenvalue weighted by molar-refractivity contribution is -0.137. The van der Waals surface area contributed by atoms with Crippen LogP contribution in [0.1, 0.15) is 62.3 Å². The Labute approximate surface area is 168 Å². The number of rotatable bonds is 9. The largest absolute Gasteiger partial charge is 0.477 e. The lowest BCUT2D eigenvalue weighted by Gasteiger charge is -2.10. The Bertz CT molecular complexity index is 478. The van der Waals surface area contributed by atoms with E-state index in [1.54, 1.807) is 17.8 Å². The van der Waals surface area contributed by atoms with Gasteiger partial charge < -0.3 is 9.84 Å². The summed E-state index contributed by atoms with van der Waals surface area (Å²) in [6.07, 6.45) is 3.75. The first kappa shape index (κ1) is 27.3. The molecule has 0 fully saturated rings. The minimum absolute atomic E-state index is 0.195. The fourth-order valence-corrected chi connectivity index (χ4v) is 3.61. The van der Waals surface area contributed by atoms with Gasteiger partial charge in [0, 0.05) is 10.5 Å². The summed E-state index contributed by atoms with van der Waals surface area (Å²) in [4.78, 5) is 23.4. The average molecular weight is 405 g/mol. The number of esters is 1. The van der Waals surface area contributed by atoms with Gasteiger partial charge in [0.05, 0.1) is 16.4 Å². The zero-order valence-corrected chi connectivity index (χ0v) is 19.3. The van der Waals surface area contributed by atoms with Gasteiger partial charge in [-0.3, -0.25) is 0 Å². The summed E-state index contributed by atoms with van der Waals surface area (Å²) in [5, 5.41) is 9.51. The molecule has 0 spiro atoms. The predicted molar refractivity (Wildman–Crippen MR) is 116 cm³/mol. The smallest absolute Gasteiger partial charge is 0.344 e. The van der Waals surface area contributed by atoms with Gasteiger partial charge >= 0.3 is 11.9 Å². The lowest BCUT2D eigenvalue weighted by atomic mass is 10.2. The molecule has 26 heavy (non-hydrogen) atoms. The molecular weight excluding hydrogens is 368 g/mol. The van der Waals surface area contributed by atoms with Crippen LogP contribution < -0.4 is 0 Å². The van der Waals surface area contributed by atoms with Crippen molar-refractivity contribution in [3.8, 4) is 0 Å². The number of carbonyl (C=O) groups excluding carboxylic acids is 1. The molecule has 0 radical (unpaired) electrons. The number of hydrogen-bond donors (Lipinski definition) is 1. The number of carboxylic acid groups (broad SMARTS) is 1. The Hall–Kier alpha value is -0.880. The molecule has 0 saturated heterocycles. The van der Waals surface area contributed by atoms with Crippen molar-refractivity contribution < 1.29 is 19.4 Å². The van der Waals surface area contributed by atoms with Gasteiger partial charge in [-0.25, -0.2) is 9.59 Å². The zero-order valence-electron chi connectivity index (χ0n) is 17.7. The van der Waals surface area contributed by atoms with E-state index in [1.165, 1.54) is 11.8 Å². The van der Waals surface area contributed by atoms with Crippen LogP contribution in [0.25, 0.3) is 0 Å². The predicted octanol–water partition coefficient (Wildman–Crippen LogP) is 5.98. The van der Waals surface area contributed by atoms with Gasteiger partial charge in [-0.05, 0) is 18.8 Å². The highest BCUT2D eigenvalue weighted by Gasteiger charge is 2.13. The maximum Gasteiger partial charge on any atom is 0.344 e. The van der Waals surface area contributed by atoms with Gasteiger partial charge in [-0.2, -0.15) is 0 Å². The Balaban J connectivity index is 0. The van der Waals surface area contributed by atoms with Crippen molar-refractivity contribution >= 4 is 35.5 Å². The molecule has 0 atom stereocenters. The van der Waals surface area contributed by atoms with Crippen molar-refractivity contribution in [2.45, 2.75) is 72.8 Å². The van der Waals surface area contributed by atoms with Crippen LogP contribution in [-0.4, -0.2) is 34.2 Å². The average Bonchev–Trinajstić information content (AvgIpc) is 2.44. The number of ether oxygens (including phenoxy) is 1. The first-order chi connectivity index (χ1) is 11.9. The quantitative estimate of drug-likeness (QED) is 0.376. The molecule has 4 nitrogen and oxygen atoms in total. The summed E-state index contributed by atoms with van der Waals surface area (Å²) in [7, 11) is 0. The molecule has 0 aliphatic carbocycles. The Morgan fingerprint density at radius 1 is 0.846 bits per heavy atom. The second-order valence-electron chi connectivity index (χ2n) is 6.91. The van der Waals surface area contributed by atoms with Crippen LogP contribution in [0, 0.1) is 11.8 Å². The molecule has 152 valence electrons. The third kappa shape index (κ3) is 16.6. The molecule has 1 N–H and O–H groups in total. The SMILES string of the molecule is CC(C)/C=C(\SC(C)C)C(=O)O.CCOC(=O)/C(=C/C(C)C)SC(C)C. The molecule has 0 amide bonds. The van der Waals surface area contributed by atoms with Crippen LogP contribution in [0.15, 0.2) is 22.0 Å². The number of allylic oxidation sites excluding steroid dienone is 2. The summed E-state index contributed by atoms with van der Waals surface area (Å²) >= 11 is 2.96. The summed E-state index contributed by atoms with van der Waals surface area (Å²) in [6.45, 7) is 18.4. The van der Waals surface area contributed by atoms with Crippen molar-refractivity contribution in [3.63, 3.8) is 0 Å². The molecule has 0 rings (SSSR count). The summed E-state index contributed by atoms with van der Waals surface area (Å²) < 4.78 is 4.98. The van der Waals surface area contributed by atoms with E-state index in [0.29, 0.717) is 33.8 Å². The highest BCUT2D eigenvalue weighted by molar-refractivity contribution is 8.04. The molecule has 0 aliphatic rings. The molecule has 0 saturated carbocycles. The summed E-state index contributed by atoms with van der Waals surface area (Å²) in [5.41, 5.74) is 0. The third-order valence-corrected chi connectivity index (χ3v) is 4.45. The number of carbonyl (C=O) groups is 2. The van der Waals surface area contributed by atoms with E-state index in [2.05, 4.69) is 27.7 Å². The van der Waals surface area contributed by atoms with Crippen molar-refractivity contribution in [2.75, 3.05) is 6.61 Å². The van der Waals surface area contributed by atoms with E-state index in [9.17, 15) is 9.59 Å². The fourth-order valence-electron chi connectivity index (χ4n) is 1.63. The summed E-state index contributed by atoms with van der Waals surface area (Å²) in [6, 6.07) is 0. The first-order valence-electron chi connectivity index (χ1n) is 9.07. The van der Waals surface area contributed by atoms with Crippen LogP contribution in [0.4, 0.5) is 0 Å². The zero-order chi connectivity index (χ0) is 20.9.